The molecule has 94 valence electrons. The van der Waals surface area contributed by atoms with Crippen molar-refractivity contribution in [3.63, 3.8) is 0 Å². The Labute approximate surface area is 100 Å². The molecule has 2 nitrogen and oxygen atoms in total. The summed E-state index contributed by atoms with van der Waals surface area (Å²) in [6.45, 7) is 5.46. The van der Waals surface area contributed by atoms with Gasteiger partial charge >= 0.3 is 0 Å². The fourth-order valence-electron chi connectivity index (χ4n) is 2.36. The predicted octanol–water partition coefficient (Wildman–Crippen LogP) is 3.28. The van der Waals surface area contributed by atoms with E-state index in [1.807, 2.05) is 7.11 Å². The zero-order valence-electron chi connectivity index (χ0n) is 11.1. The van der Waals surface area contributed by atoms with Crippen LogP contribution in [0.3, 0.4) is 0 Å². The zero-order chi connectivity index (χ0) is 11.8. The summed E-state index contributed by atoms with van der Waals surface area (Å²) < 4.78 is 5.50. The Balaban J connectivity index is 2.61. The van der Waals surface area contributed by atoms with Gasteiger partial charge < -0.3 is 10.1 Å². The molecule has 1 aliphatic carbocycles. The Morgan fingerprint density at radius 2 is 2.19 bits per heavy atom. The average molecular weight is 225 g/mol. The third-order valence-corrected chi connectivity index (χ3v) is 3.43. The van der Waals surface area contributed by atoms with E-state index in [1.165, 1.54) is 38.5 Å². The average Bonchev–Trinajstić information content (AvgIpc) is 2.58. The van der Waals surface area contributed by atoms with E-state index in [4.69, 9.17) is 4.74 Å². The highest BCUT2D eigenvalue weighted by Gasteiger charge is 2.20. The van der Waals surface area contributed by atoms with Crippen LogP contribution in [0.1, 0.15) is 52.4 Å². The molecule has 1 rings (SSSR count). The molecule has 1 aliphatic rings. The molecule has 0 heterocycles. The summed E-state index contributed by atoms with van der Waals surface area (Å²) in [6, 6.07) is 0.419. The van der Waals surface area contributed by atoms with E-state index in [0.29, 0.717) is 6.04 Å². The van der Waals surface area contributed by atoms with Crippen LogP contribution in [0.4, 0.5) is 0 Å². The van der Waals surface area contributed by atoms with Gasteiger partial charge in [-0.2, -0.15) is 0 Å². The molecule has 0 aromatic rings. The number of hydrogen-bond donors (Lipinski definition) is 1. The third-order valence-electron chi connectivity index (χ3n) is 3.43. The van der Waals surface area contributed by atoms with Gasteiger partial charge in [-0.05, 0) is 45.6 Å². The van der Waals surface area contributed by atoms with Gasteiger partial charge in [0.1, 0.15) is 0 Å². The van der Waals surface area contributed by atoms with Crippen molar-refractivity contribution in [3.8, 4) is 0 Å². The minimum atomic E-state index is 0.274. The first-order valence-corrected chi connectivity index (χ1v) is 6.74. The van der Waals surface area contributed by atoms with Gasteiger partial charge in [-0.25, -0.2) is 0 Å². The summed E-state index contributed by atoms with van der Waals surface area (Å²) in [5.41, 5.74) is 1.57. The summed E-state index contributed by atoms with van der Waals surface area (Å²) in [5.74, 6) is 0. The van der Waals surface area contributed by atoms with Gasteiger partial charge in [0.25, 0.3) is 0 Å². The normalized spacial score (nSPS) is 21.1. The van der Waals surface area contributed by atoms with Crippen LogP contribution in [0.25, 0.3) is 0 Å². The molecule has 0 aromatic carbocycles. The first-order chi connectivity index (χ1) is 7.79. The second kappa shape index (κ2) is 7.86. The number of hydrogen-bond acceptors (Lipinski definition) is 2. The first-order valence-electron chi connectivity index (χ1n) is 6.74. The molecule has 0 saturated heterocycles. The molecule has 2 unspecified atom stereocenters. The third kappa shape index (κ3) is 4.26. The summed E-state index contributed by atoms with van der Waals surface area (Å²) in [6.07, 6.45) is 10.5. The molecule has 0 aliphatic heterocycles. The lowest BCUT2D eigenvalue weighted by Gasteiger charge is -2.26. The lowest BCUT2D eigenvalue weighted by Crippen LogP contribution is -2.41. The van der Waals surface area contributed by atoms with Crippen LogP contribution in [-0.4, -0.2) is 25.8 Å². The lowest BCUT2D eigenvalue weighted by molar-refractivity contribution is 0.0928. The van der Waals surface area contributed by atoms with E-state index >= 15 is 0 Å². The number of allylic oxidation sites excluding steroid dienone is 1. The van der Waals surface area contributed by atoms with Crippen LogP contribution < -0.4 is 5.32 Å². The number of nitrogens with one attached hydrogen (secondary N) is 1. The highest BCUT2D eigenvalue weighted by molar-refractivity contribution is 5.14. The molecule has 1 N–H and O–H groups in total. The van der Waals surface area contributed by atoms with Crippen LogP contribution in [-0.2, 0) is 4.74 Å². The Hall–Kier alpha value is -0.340. The van der Waals surface area contributed by atoms with Crippen LogP contribution in [0.2, 0.25) is 0 Å². The van der Waals surface area contributed by atoms with E-state index < -0.39 is 0 Å². The van der Waals surface area contributed by atoms with E-state index in [2.05, 4.69) is 25.2 Å². The molecular formula is C14H27NO. The number of ether oxygens (including phenoxy) is 1. The molecule has 0 bridgehead atoms. The van der Waals surface area contributed by atoms with Crippen molar-refractivity contribution in [3.05, 3.63) is 11.6 Å². The Morgan fingerprint density at radius 1 is 1.38 bits per heavy atom. The van der Waals surface area contributed by atoms with Crippen molar-refractivity contribution < 1.29 is 4.74 Å². The maximum absolute atomic E-state index is 5.50. The molecule has 16 heavy (non-hydrogen) atoms. The summed E-state index contributed by atoms with van der Waals surface area (Å²) in [5, 5.41) is 3.62. The second-order valence-electron chi connectivity index (χ2n) is 4.75. The molecular weight excluding hydrogens is 198 g/mol. The Bertz CT molecular complexity index is 213. The fourth-order valence-corrected chi connectivity index (χ4v) is 2.36. The van der Waals surface area contributed by atoms with E-state index in [9.17, 15) is 0 Å². The molecule has 0 radical (unpaired) electrons. The number of methoxy groups -OCH3 is 1. The van der Waals surface area contributed by atoms with Crippen LogP contribution in [0.5, 0.6) is 0 Å². The van der Waals surface area contributed by atoms with Gasteiger partial charge in [-0.3, -0.25) is 0 Å². The summed E-state index contributed by atoms with van der Waals surface area (Å²) in [4.78, 5) is 0. The molecule has 0 saturated carbocycles. The molecule has 2 atom stereocenters. The highest BCUT2D eigenvalue weighted by atomic mass is 16.5. The van der Waals surface area contributed by atoms with E-state index in [-0.39, 0.29) is 6.10 Å². The topological polar surface area (TPSA) is 21.3 Å². The first kappa shape index (κ1) is 13.7. The largest absolute Gasteiger partial charge is 0.380 e. The van der Waals surface area contributed by atoms with Crippen LogP contribution in [0.15, 0.2) is 11.6 Å². The summed E-state index contributed by atoms with van der Waals surface area (Å²) in [7, 11) is 1.81. The standard InChI is InChI=1S/C14H27NO/c1-4-11-15-14(12(2)16-3)13-9-7-5-6-8-10-13/h9,12,14-15H,4-8,10-11H2,1-3H3. The van der Waals surface area contributed by atoms with Crippen LogP contribution in [0, 0.1) is 0 Å². The molecule has 0 aromatic heterocycles. The van der Waals surface area contributed by atoms with Crippen molar-refractivity contribution in [1.82, 2.24) is 5.32 Å². The van der Waals surface area contributed by atoms with Gasteiger partial charge in [0.05, 0.1) is 12.1 Å². The van der Waals surface area contributed by atoms with Gasteiger partial charge in [0.2, 0.25) is 0 Å². The fraction of sp³-hybridized carbons (Fsp3) is 0.857. The SMILES string of the molecule is CCCNC(C1=CCCCCC1)C(C)OC. The van der Waals surface area contributed by atoms with Crippen molar-refractivity contribution in [2.75, 3.05) is 13.7 Å². The van der Waals surface area contributed by atoms with E-state index in [0.717, 1.165) is 6.54 Å². The van der Waals surface area contributed by atoms with Crippen molar-refractivity contribution in [1.29, 1.82) is 0 Å². The van der Waals surface area contributed by atoms with Crippen molar-refractivity contribution in [2.24, 2.45) is 0 Å². The van der Waals surface area contributed by atoms with Gasteiger partial charge in [0.15, 0.2) is 0 Å². The van der Waals surface area contributed by atoms with Crippen molar-refractivity contribution >= 4 is 0 Å². The molecule has 0 spiro atoms. The smallest absolute Gasteiger partial charge is 0.0734 e. The van der Waals surface area contributed by atoms with Gasteiger partial charge in [-0.1, -0.05) is 25.0 Å². The highest BCUT2D eigenvalue weighted by Crippen LogP contribution is 2.22. The van der Waals surface area contributed by atoms with Crippen LogP contribution >= 0.6 is 0 Å². The number of rotatable bonds is 6. The van der Waals surface area contributed by atoms with Gasteiger partial charge in [-0.15, -0.1) is 0 Å². The Morgan fingerprint density at radius 3 is 2.88 bits per heavy atom. The Kier molecular flexibility index (Phi) is 6.74. The maximum Gasteiger partial charge on any atom is 0.0734 e. The molecule has 0 amide bonds. The second-order valence-corrected chi connectivity index (χ2v) is 4.75. The maximum atomic E-state index is 5.50. The van der Waals surface area contributed by atoms with Gasteiger partial charge in [0, 0.05) is 7.11 Å². The minimum absolute atomic E-state index is 0.274. The molecule has 0 fully saturated rings. The summed E-state index contributed by atoms with van der Waals surface area (Å²) >= 11 is 0. The zero-order valence-corrected chi connectivity index (χ0v) is 11.1. The lowest BCUT2D eigenvalue weighted by atomic mass is 9.97. The monoisotopic (exact) mass is 225 g/mol. The predicted molar refractivity (Wildman–Crippen MR) is 69.7 cm³/mol. The molecule has 2 heteroatoms. The van der Waals surface area contributed by atoms with Crippen molar-refractivity contribution in [2.45, 2.75) is 64.5 Å². The van der Waals surface area contributed by atoms with E-state index in [1.54, 1.807) is 5.57 Å². The minimum Gasteiger partial charge on any atom is -0.380 e. The quantitative estimate of drug-likeness (QED) is 0.700.